The van der Waals surface area contributed by atoms with Crippen LogP contribution in [0.4, 0.5) is 0 Å². The van der Waals surface area contributed by atoms with E-state index in [1.807, 2.05) is 24.3 Å². The van der Waals surface area contributed by atoms with Crippen LogP contribution in [0.5, 0.6) is 5.75 Å². The second kappa shape index (κ2) is 6.39. The van der Waals surface area contributed by atoms with Crippen molar-refractivity contribution in [2.24, 2.45) is 0 Å². The number of carbonyl (C=O) groups is 1. The molecule has 98 valence electrons. The van der Waals surface area contributed by atoms with Gasteiger partial charge in [0.15, 0.2) is 0 Å². The zero-order chi connectivity index (χ0) is 13.7. The summed E-state index contributed by atoms with van der Waals surface area (Å²) in [5, 5.41) is 0.600. The smallest absolute Gasteiger partial charge is 0.343 e. The first kappa shape index (κ1) is 13.6. The van der Waals surface area contributed by atoms with Gasteiger partial charge in [0, 0.05) is 5.02 Å². The fourth-order valence-electron chi connectivity index (χ4n) is 1.82. The van der Waals surface area contributed by atoms with Crippen molar-refractivity contribution in [3.63, 3.8) is 0 Å². The Kier molecular flexibility index (Phi) is 4.58. The summed E-state index contributed by atoms with van der Waals surface area (Å²) in [5.41, 5.74) is 1.54. The molecule has 0 fully saturated rings. The summed E-state index contributed by atoms with van der Waals surface area (Å²) in [4.78, 5) is 12.0. The van der Waals surface area contributed by atoms with E-state index in [0.29, 0.717) is 16.3 Å². The first-order chi connectivity index (χ1) is 9.20. The molecular formula is C16H15ClO2. The van der Waals surface area contributed by atoms with E-state index in [1.54, 1.807) is 24.3 Å². The molecule has 0 aliphatic rings. The minimum atomic E-state index is -0.361. The van der Waals surface area contributed by atoms with Crippen molar-refractivity contribution in [1.29, 1.82) is 0 Å². The quantitative estimate of drug-likeness (QED) is 0.606. The van der Waals surface area contributed by atoms with Crippen molar-refractivity contribution in [3.8, 4) is 5.75 Å². The van der Waals surface area contributed by atoms with E-state index in [-0.39, 0.29) is 5.97 Å². The van der Waals surface area contributed by atoms with Crippen LogP contribution in [0.3, 0.4) is 0 Å². The molecule has 3 heteroatoms. The highest BCUT2D eigenvalue weighted by Gasteiger charge is 2.10. The van der Waals surface area contributed by atoms with Crippen LogP contribution >= 0.6 is 11.6 Å². The van der Waals surface area contributed by atoms with Crippen LogP contribution in [0.25, 0.3) is 0 Å². The largest absolute Gasteiger partial charge is 0.423 e. The number of carbonyl (C=O) groups excluding carboxylic acids is 1. The van der Waals surface area contributed by atoms with Gasteiger partial charge in [0.05, 0.1) is 5.56 Å². The van der Waals surface area contributed by atoms with E-state index in [0.717, 1.165) is 18.4 Å². The van der Waals surface area contributed by atoms with Crippen LogP contribution in [-0.4, -0.2) is 5.97 Å². The molecule has 0 bridgehead atoms. The summed E-state index contributed by atoms with van der Waals surface area (Å²) in [6.45, 7) is 2.10. The number of para-hydroxylation sites is 1. The minimum absolute atomic E-state index is 0.361. The maximum Gasteiger partial charge on any atom is 0.343 e. The first-order valence-electron chi connectivity index (χ1n) is 6.26. The lowest BCUT2D eigenvalue weighted by Gasteiger charge is -2.09. The van der Waals surface area contributed by atoms with Crippen molar-refractivity contribution in [3.05, 3.63) is 64.7 Å². The average molecular weight is 275 g/mol. The third kappa shape index (κ3) is 3.58. The van der Waals surface area contributed by atoms with Gasteiger partial charge in [0.2, 0.25) is 0 Å². The molecule has 0 heterocycles. The van der Waals surface area contributed by atoms with Gasteiger partial charge in [0.1, 0.15) is 5.75 Å². The van der Waals surface area contributed by atoms with Crippen LogP contribution in [0, 0.1) is 0 Å². The Balaban J connectivity index is 2.16. The third-order valence-electron chi connectivity index (χ3n) is 2.77. The zero-order valence-electron chi connectivity index (χ0n) is 10.7. The van der Waals surface area contributed by atoms with Gasteiger partial charge in [0.25, 0.3) is 0 Å². The predicted octanol–water partition coefficient (Wildman–Crippen LogP) is 4.51. The number of aryl methyl sites for hydroxylation is 1. The van der Waals surface area contributed by atoms with Gasteiger partial charge in [-0.2, -0.15) is 0 Å². The van der Waals surface area contributed by atoms with E-state index < -0.39 is 0 Å². The highest BCUT2D eigenvalue weighted by Crippen LogP contribution is 2.21. The lowest BCUT2D eigenvalue weighted by Crippen LogP contribution is -2.09. The van der Waals surface area contributed by atoms with Crippen molar-refractivity contribution >= 4 is 17.6 Å². The molecule has 19 heavy (non-hydrogen) atoms. The van der Waals surface area contributed by atoms with Crippen molar-refractivity contribution in [2.45, 2.75) is 19.8 Å². The third-order valence-corrected chi connectivity index (χ3v) is 3.03. The molecule has 0 radical (unpaired) electrons. The summed E-state index contributed by atoms with van der Waals surface area (Å²) in [6.07, 6.45) is 1.90. The van der Waals surface area contributed by atoms with Crippen molar-refractivity contribution < 1.29 is 9.53 Å². The number of rotatable bonds is 4. The minimum Gasteiger partial charge on any atom is -0.423 e. The molecule has 0 atom stereocenters. The molecule has 2 rings (SSSR count). The lowest BCUT2D eigenvalue weighted by molar-refractivity contribution is 0.0733. The predicted molar refractivity (Wildman–Crippen MR) is 76.8 cm³/mol. The molecule has 0 saturated heterocycles. The van der Waals surface area contributed by atoms with E-state index in [9.17, 15) is 4.79 Å². The molecule has 0 aromatic heterocycles. The van der Waals surface area contributed by atoms with Gasteiger partial charge >= 0.3 is 5.97 Å². The first-order valence-corrected chi connectivity index (χ1v) is 6.64. The van der Waals surface area contributed by atoms with E-state index in [4.69, 9.17) is 16.3 Å². The van der Waals surface area contributed by atoms with Crippen LogP contribution in [0.2, 0.25) is 5.02 Å². The summed E-state index contributed by atoms with van der Waals surface area (Å²) < 4.78 is 5.44. The Hall–Kier alpha value is -1.80. The highest BCUT2D eigenvalue weighted by atomic mass is 35.5. The standard InChI is InChI=1S/C16H15ClO2/c1-2-5-12-6-3-4-7-15(12)19-16(18)13-8-10-14(17)11-9-13/h3-4,6-11H,2,5H2,1H3. The van der Waals surface area contributed by atoms with E-state index >= 15 is 0 Å². The maximum absolute atomic E-state index is 12.0. The molecule has 0 spiro atoms. The van der Waals surface area contributed by atoms with Crippen molar-refractivity contribution in [1.82, 2.24) is 0 Å². The van der Waals surface area contributed by atoms with Gasteiger partial charge in [-0.25, -0.2) is 4.79 Å². The van der Waals surface area contributed by atoms with Crippen LogP contribution in [0.1, 0.15) is 29.3 Å². The average Bonchev–Trinajstić information content (AvgIpc) is 2.42. The fourth-order valence-corrected chi connectivity index (χ4v) is 1.95. The number of hydrogen-bond donors (Lipinski definition) is 0. The molecule has 2 nitrogen and oxygen atoms in total. The Bertz CT molecular complexity index is 561. The molecule has 0 amide bonds. The Labute approximate surface area is 118 Å². The topological polar surface area (TPSA) is 26.3 Å². The van der Waals surface area contributed by atoms with Crippen molar-refractivity contribution in [2.75, 3.05) is 0 Å². The van der Waals surface area contributed by atoms with Gasteiger partial charge in [-0.05, 0) is 42.3 Å². The highest BCUT2D eigenvalue weighted by molar-refractivity contribution is 6.30. The number of halogens is 1. The maximum atomic E-state index is 12.0. The Morgan fingerprint density at radius 2 is 1.79 bits per heavy atom. The molecule has 0 N–H and O–H groups in total. The van der Waals surface area contributed by atoms with Crippen LogP contribution < -0.4 is 4.74 Å². The zero-order valence-corrected chi connectivity index (χ0v) is 11.5. The normalized spacial score (nSPS) is 10.2. The molecule has 2 aromatic rings. The Morgan fingerprint density at radius 1 is 1.11 bits per heavy atom. The van der Waals surface area contributed by atoms with Gasteiger partial charge in [-0.3, -0.25) is 0 Å². The number of ether oxygens (including phenoxy) is 1. The van der Waals surface area contributed by atoms with Crippen LogP contribution in [0.15, 0.2) is 48.5 Å². The monoisotopic (exact) mass is 274 g/mol. The van der Waals surface area contributed by atoms with Gasteiger partial charge in [-0.15, -0.1) is 0 Å². The number of hydrogen-bond acceptors (Lipinski definition) is 2. The number of esters is 1. The molecular weight excluding hydrogens is 260 g/mol. The van der Waals surface area contributed by atoms with Gasteiger partial charge < -0.3 is 4.74 Å². The summed E-state index contributed by atoms with van der Waals surface area (Å²) in [7, 11) is 0. The van der Waals surface area contributed by atoms with E-state index in [2.05, 4.69) is 6.92 Å². The van der Waals surface area contributed by atoms with Crippen LogP contribution in [-0.2, 0) is 6.42 Å². The summed E-state index contributed by atoms with van der Waals surface area (Å²) in [5.74, 6) is 0.268. The summed E-state index contributed by atoms with van der Waals surface area (Å²) >= 11 is 5.79. The molecule has 2 aromatic carbocycles. The fraction of sp³-hybridized carbons (Fsp3) is 0.188. The molecule has 0 unspecified atom stereocenters. The second-order valence-corrected chi connectivity index (χ2v) is 4.69. The molecule has 0 saturated carbocycles. The lowest BCUT2D eigenvalue weighted by atomic mass is 10.1. The molecule has 0 aliphatic carbocycles. The SMILES string of the molecule is CCCc1ccccc1OC(=O)c1ccc(Cl)cc1. The van der Waals surface area contributed by atoms with Gasteiger partial charge in [-0.1, -0.05) is 43.1 Å². The summed E-state index contributed by atoms with van der Waals surface area (Å²) in [6, 6.07) is 14.3. The molecule has 0 aliphatic heterocycles. The van der Waals surface area contributed by atoms with E-state index in [1.165, 1.54) is 0 Å². The number of benzene rings is 2. The Morgan fingerprint density at radius 3 is 2.47 bits per heavy atom. The second-order valence-electron chi connectivity index (χ2n) is 4.25.